The van der Waals surface area contributed by atoms with E-state index in [-0.39, 0.29) is 5.91 Å². The molecule has 6 nitrogen and oxygen atoms in total. The first-order valence-corrected chi connectivity index (χ1v) is 9.74. The van der Waals surface area contributed by atoms with Gasteiger partial charge in [-0.05, 0) is 56.5 Å². The molecule has 1 N–H and O–H groups in total. The Hall–Kier alpha value is -2.34. The van der Waals surface area contributed by atoms with Crippen molar-refractivity contribution in [2.24, 2.45) is 13.0 Å². The second kappa shape index (κ2) is 9.04. The summed E-state index contributed by atoms with van der Waals surface area (Å²) < 4.78 is 7.65. The predicted octanol–water partition coefficient (Wildman–Crippen LogP) is 2.85. The van der Waals surface area contributed by atoms with Crippen molar-refractivity contribution in [2.45, 2.75) is 39.3 Å². The van der Waals surface area contributed by atoms with Crippen LogP contribution < -0.4 is 10.1 Å². The Labute approximate surface area is 161 Å². The Bertz CT molecular complexity index is 741. The summed E-state index contributed by atoms with van der Waals surface area (Å²) in [5, 5.41) is 3.06. The van der Waals surface area contributed by atoms with Crippen molar-refractivity contribution in [3.8, 4) is 5.75 Å². The van der Waals surface area contributed by atoms with E-state index in [0.29, 0.717) is 24.8 Å². The van der Waals surface area contributed by atoms with Crippen molar-refractivity contribution >= 4 is 5.91 Å². The summed E-state index contributed by atoms with van der Waals surface area (Å²) in [5.41, 5.74) is 0.651. The van der Waals surface area contributed by atoms with Gasteiger partial charge in [0.15, 0.2) is 0 Å². The van der Waals surface area contributed by atoms with Crippen LogP contribution in [0.15, 0.2) is 36.7 Å². The number of aromatic nitrogens is 2. The predicted molar refractivity (Wildman–Crippen MR) is 106 cm³/mol. The molecular weight excluding hydrogens is 340 g/mol. The minimum atomic E-state index is -0.0393. The number of nitrogens with zero attached hydrogens (tertiary/aromatic N) is 3. The van der Waals surface area contributed by atoms with E-state index in [1.165, 1.54) is 12.8 Å². The molecule has 2 aromatic rings. The number of benzene rings is 1. The van der Waals surface area contributed by atoms with Gasteiger partial charge in [0.2, 0.25) is 0 Å². The highest BCUT2D eigenvalue weighted by molar-refractivity contribution is 5.94. The first-order chi connectivity index (χ1) is 13.0. The van der Waals surface area contributed by atoms with E-state index in [9.17, 15) is 4.79 Å². The SMILES string of the molecule is C[C@@H]1CCCN([C@@H](C)CNC(=O)c2ccc(OCc3nccn3C)cc2)C1. The summed E-state index contributed by atoms with van der Waals surface area (Å²) in [5.74, 6) is 2.29. The highest BCUT2D eigenvalue weighted by atomic mass is 16.5. The van der Waals surface area contributed by atoms with Crippen LogP contribution in [0.4, 0.5) is 0 Å². The first-order valence-electron chi connectivity index (χ1n) is 9.74. The molecule has 1 aromatic heterocycles. The van der Waals surface area contributed by atoms with Crippen LogP contribution in [0.2, 0.25) is 0 Å². The Morgan fingerprint density at radius 1 is 1.37 bits per heavy atom. The van der Waals surface area contributed by atoms with Crippen LogP contribution in [-0.4, -0.2) is 46.0 Å². The van der Waals surface area contributed by atoms with E-state index in [2.05, 4.69) is 29.0 Å². The standard InChI is InChI=1S/C21H30N4O2/c1-16-5-4-11-25(14-16)17(2)13-23-21(26)18-6-8-19(9-7-18)27-15-20-22-10-12-24(20)3/h6-10,12,16-17H,4-5,11,13-15H2,1-3H3,(H,23,26)/t16-,17+/m1/s1. The lowest BCUT2D eigenvalue weighted by molar-refractivity contribution is 0.0917. The monoisotopic (exact) mass is 370 g/mol. The van der Waals surface area contributed by atoms with Gasteiger partial charge >= 0.3 is 0 Å². The molecule has 2 heterocycles. The largest absolute Gasteiger partial charge is 0.486 e. The number of likely N-dealkylation sites (tertiary alicyclic amines) is 1. The van der Waals surface area contributed by atoms with Crippen LogP contribution in [-0.2, 0) is 13.7 Å². The average Bonchev–Trinajstić information content (AvgIpc) is 3.09. The topological polar surface area (TPSA) is 59.4 Å². The maximum Gasteiger partial charge on any atom is 0.251 e. The number of nitrogens with one attached hydrogen (secondary N) is 1. The second-order valence-electron chi connectivity index (χ2n) is 7.57. The number of hydrogen-bond acceptors (Lipinski definition) is 4. The molecule has 146 valence electrons. The van der Waals surface area contributed by atoms with Crippen molar-refractivity contribution in [3.05, 3.63) is 48.0 Å². The Balaban J connectivity index is 1.46. The minimum absolute atomic E-state index is 0.0393. The van der Waals surface area contributed by atoms with Gasteiger partial charge in [-0.3, -0.25) is 9.69 Å². The number of rotatable bonds is 7. The highest BCUT2D eigenvalue weighted by Crippen LogP contribution is 2.17. The lowest BCUT2D eigenvalue weighted by atomic mass is 9.99. The molecule has 0 radical (unpaired) electrons. The zero-order chi connectivity index (χ0) is 19.2. The van der Waals surface area contributed by atoms with Gasteiger partial charge in [0.05, 0.1) is 0 Å². The van der Waals surface area contributed by atoms with Gasteiger partial charge in [-0.25, -0.2) is 4.98 Å². The van der Waals surface area contributed by atoms with Crippen LogP contribution in [0, 0.1) is 5.92 Å². The van der Waals surface area contributed by atoms with Crippen LogP contribution in [0.1, 0.15) is 42.9 Å². The van der Waals surface area contributed by atoms with Crippen molar-refractivity contribution in [2.75, 3.05) is 19.6 Å². The number of carbonyl (C=O) groups excluding carboxylic acids is 1. The Morgan fingerprint density at radius 2 is 2.15 bits per heavy atom. The summed E-state index contributed by atoms with van der Waals surface area (Å²) >= 11 is 0. The number of amides is 1. The number of ether oxygens (including phenoxy) is 1. The molecule has 27 heavy (non-hydrogen) atoms. The third kappa shape index (κ3) is 5.32. The molecule has 0 spiro atoms. The van der Waals surface area contributed by atoms with Gasteiger partial charge in [0.25, 0.3) is 5.91 Å². The van der Waals surface area contributed by atoms with Crippen LogP contribution in [0.5, 0.6) is 5.75 Å². The lowest BCUT2D eigenvalue weighted by Gasteiger charge is -2.35. The molecule has 0 bridgehead atoms. The summed E-state index contributed by atoms with van der Waals surface area (Å²) in [6.45, 7) is 7.81. The molecule has 0 unspecified atom stereocenters. The van der Waals surface area contributed by atoms with E-state index in [1.54, 1.807) is 18.3 Å². The van der Waals surface area contributed by atoms with Crippen LogP contribution >= 0.6 is 0 Å². The molecular formula is C21H30N4O2. The number of hydrogen-bond donors (Lipinski definition) is 1. The van der Waals surface area contributed by atoms with E-state index in [1.807, 2.05) is 29.9 Å². The van der Waals surface area contributed by atoms with Crippen molar-refractivity contribution in [3.63, 3.8) is 0 Å². The molecule has 1 aromatic carbocycles. The van der Waals surface area contributed by atoms with Gasteiger partial charge in [-0.2, -0.15) is 0 Å². The first kappa shape index (κ1) is 19.4. The van der Waals surface area contributed by atoms with Crippen LogP contribution in [0.25, 0.3) is 0 Å². The van der Waals surface area contributed by atoms with E-state index < -0.39 is 0 Å². The quantitative estimate of drug-likeness (QED) is 0.814. The fraction of sp³-hybridized carbons (Fsp3) is 0.524. The van der Waals surface area contributed by atoms with Gasteiger partial charge in [-0.15, -0.1) is 0 Å². The number of aryl methyl sites for hydroxylation is 1. The van der Waals surface area contributed by atoms with Crippen molar-refractivity contribution in [1.82, 2.24) is 19.8 Å². The molecule has 0 aliphatic carbocycles. The fourth-order valence-electron chi connectivity index (χ4n) is 3.48. The Morgan fingerprint density at radius 3 is 2.81 bits per heavy atom. The lowest BCUT2D eigenvalue weighted by Crippen LogP contribution is -2.46. The second-order valence-corrected chi connectivity index (χ2v) is 7.57. The summed E-state index contributed by atoms with van der Waals surface area (Å²) in [6.07, 6.45) is 6.19. The van der Waals surface area contributed by atoms with E-state index >= 15 is 0 Å². The zero-order valence-electron chi connectivity index (χ0n) is 16.5. The maximum absolute atomic E-state index is 12.4. The van der Waals surface area contributed by atoms with E-state index in [0.717, 1.165) is 30.6 Å². The Kier molecular flexibility index (Phi) is 6.50. The smallest absolute Gasteiger partial charge is 0.251 e. The normalized spacial score (nSPS) is 18.9. The fourth-order valence-corrected chi connectivity index (χ4v) is 3.48. The number of piperidine rings is 1. The molecule has 1 amide bonds. The van der Waals surface area contributed by atoms with Gasteiger partial charge in [0.1, 0.15) is 18.2 Å². The molecule has 1 aliphatic rings. The number of carbonyl (C=O) groups is 1. The van der Waals surface area contributed by atoms with Gasteiger partial charge < -0.3 is 14.6 Å². The zero-order valence-corrected chi connectivity index (χ0v) is 16.5. The maximum atomic E-state index is 12.4. The molecule has 1 fully saturated rings. The average molecular weight is 370 g/mol. The molecule has 3 rings (SSSR count). The summed E-state index contributed by atoms with van der Waals surface area (Å²) in [7, 11) is 1.94. The molecule has 1 saturated heterocycles. The van der Waals surface area contributed by atoms with Crippen molar-refractivity contribution in [1.29, 1.82) is 0 Å². The number of imidazole rings is 1. The van der Waals surface area contributed by atoms with Gasteiger partial charge in [0, 0.05) is 44.1 Å². The third-order valence-corrected chi connectivity index (χ3v) is 5.28. The summed E-state index contributed by atoms with van der Waals surface area (Å²) in [4.78, 5) is 19.1. The third-order valence-electron chi connectivity index (χ3n) is 5.28. The molecule has 1 aliphatic heterocycles. The highest BCUT2D eigenvalue weighted by Gasteiger charge is 2.21. The van der Waals surface area contributed by atoms with Crippen molar-refractivity contribution < 1.29 is 9.53 Å². The van der Waals surface area contributed by atoms with Crippen LogP contribution in [0.3, 0.4) is 0 Å². The summed E-state index contributed by atoms with van der Waals surface area (Å²) in [6, 6.07) is 7.62. The van der Waals surface area contributed by atoms with Gasteiger partial charge in [-0.1, -0.05) is 6.92 Å². The molecule has 6 heteroatoms. The molecule has 0 saturated carbocycles. The van der Waals surface area contributed by atoms with E-state index in [4.69, 9.17) is 4.74 Å². The molecule has 2 atom stereocenters. The minimum Gasteiger partial charge on any atom is -0.486 e.